The largest absolute Gasteiger partial charge is 0.344 e. The first-order valence-electron chi connectivity index (χ1n) is 7.88. The summed E-state index contributed by atoms with van der Waals surface area (Å²) in [5.74, 6) is -1.37. The minimum Gasteiger partial charge on any atom is -0.344 e. The van der Waals surface area contributed by atoms with Crippen LogP contribution in [0.15, 0.2) is 65.5 Å². The standard InChI is InChI=1S/C19H15F2N3O2/c20-14-5-1-3-12(9-14)10-17(13-4-2-6-15(21)11-13)22-19(26)16-7-8-18(25)24-23-16/h1-9,11,17H,10H2,(H,22,26)(H,24,25)/t17-/m0/s1. The third kappa shape index (κ3) is 4.38. The number of halogens is 2. The molecule has 0 unspecified atom stereocenters. The summed E-state index contributed by atoms with van der Waals surface area (Å²) in [4.78, 5) is 23.5. The Morgan fingerprint density at radius 3 is 2.42 bits per heavy atom. The third-order valence-electron chi connectivity index (χ3n) is 3.80. The molecule has 1 aromatic heterocycles. The minimum atomic E-state index is -0.603. The number of hydrogen-bond acceptors (Lipinski definition) is 3. The Balaban J connectivity index is 1.88. The minimum absolute atomic E-state index is 0.0187. The summed E-state index contributed by atoms with van der Waals surface area (Å²) in [6.45, 7) is 0. The van der Waals surface area contributed by atoms with Gasteiger partial charge in [-0.3, -0.25) is 9.59 Å². The average molecular weight is 355 g/mol. The van der Waals surface area contributed by atoms with E-state index in [0.29, 0.717) is 11.1 Å². The summed E-state index contributed by atoms with van der Waals surface area (Å²) in [5, 5.41) is 8.62. The molecule has 0 aliphatic heterocycles. The van der Waals surface area contributed by atoms with Crippen LogP contribution < -0.4 is 10.9 Å². The molecular weight excluding hydrogens is 340 g/mol. The zero-order valence-electron chi connectivity index (χ0n) is 13.6. The van der Waals surface area contributed by atoms with E-state index >= 15 is 0 Å². The molecule has 0 bridgehead atoms. The molecule has 26 heavy (non-hydrogen) atoms. The van der Waals surface area contributed by atoms with E-state index in [4.69, 9.17) is 0 Å². The number of carbonyl (C=O) groups is 1. The molecule has 0 aliphatic carbocycles. The zero-order valence-corrected chi connectivity index (χ0v) is 13.6. The molecule has 0 saturated carbocycles. The highest BCUT2D eigenvalue weighted by Gasteiger charge is 2.18. The molecule has 132 valence electrons. The Bertz CT molecular complexity index is 968. The Morgan fingerprint density at radius 1 is 1.04 bits per heavy atom. The highest BCUT2D eigenvalue weighted by atomic mass is 19.1. The van der Waals surface area contributed by atoms with Crippen molar-refractivity contribution in [2.75, 3.05) is 0 Å². The van der Waals surface area contributed by atoms with Gasteiger partial charge in [0, 0.05) is 6.07 Å². The average Bonchev–Trinajstić information content (AvgIpc) is 2.62. The Labute approximate surface area is 147 Å². The van der Waals surface area contributed by atoms with Gasteiger partial charge in [0.25, 0.3) is 11.5 Å². The maximum atomic E-state index is 13.6. The van der Waals surface area contributed by atoms with Crippen molar-refractivity contribution in [3.63, 3.8) is 0 Å². The molecule has 0 spiro atoms. The Hall–Kier alpha value is -3.35. The quantitative estimate of drug-likeness (QED) is 0.739. The summed E-state index contributed by atoms with van der Waals surface area (Å²) < 4.78 is 27.1. The molecule has 2 aromatic carbocycles. The number of H-pyrrole nitrogens is 1. The monoisotopic (exact) mass is 355 g/mol. The Kier molecular flexibility index (Phi) is 5.17. The van der Waals surface area contributed by atoms with Crippen LogP contribution in [0.2, 0.25) is 0 Å². The van der Waals surface area contributed by atoms with Crippen LogP contribution in [0.4, 0.5) is 8.78 Å². The normalized spacial score (nSPS) is 11.8. The number of nitrogens with one attached hydrogen (secondary N) is 2. The molecular formula is C19H15F2N3O2. The van der Waals surface area contributed by atoms with Gasteiger partial charge in [-0.15, -0.1) is 0 Å². The van der Waals surface area contributed by atoms with E-state index in [-0.39, 0.29) is 12.1 Å². The number of carbonyl (C=O) groups excluding carboxylic acids is 1. The first-order valence-corrected chi connectivity index (χ1v) is 7.88. The molecule has 5 nitrogen and oxygen atoms in total. The van der Waals surface area contributed by atoms with Gasteiger partial charge in [-0.05, 0) is 47.9 Å². The SMILES string of the molecule is O=C(N[C@@H](Cc1cccc(F)c1)c1cccc(F)c1)c1ccc(=O)[nH]n1. The van der Waals surface area contributed by atoms with Gasteiger partial charge in [0.2, 0.25) is 0 Å². The molecule has 0 saturated heterocycles. The number of rotatable bonds is 5. The van der Waals surface area contributed by atoms with Crippen LogP contribution in [0.1, 0.15) is 27.7 Å². The van der Waals surface area contributed by atoms with Crippen LogP contribution in [-0.4, -0.2) is 16.1 Å². The van der Waals surface area contributed by atoms with Crippen LogP contribution in [0.5, 0.6) is 0 Å². The van der Waals surface area contributed by atoms with Gasteiger partial charge in [0.1, 0.15) is 17.3 Å². The maximum absolute atomic E-state index is 13.6. The van der Waals surface area contributed by atoms with Crippen molar-refractivity contribution in [1.82, 2.24) is 15.5 Å². The number of hydrogen-bond donors (Lipinski definition) is 2. The van der Waals surface area contributed by atoms with Crippen molar-refractivity contribution in [3.05, 3.63) is 99.5 Å². The van der Waals surface area contributed by atoms with Gasteiger partial charge >= 0.3 is 0 Å². The number of amides is 1. The van der Waals surface area contributed by atoms with Gasteiger partial charge in [-0.25, -0.2) is 13.9 Å². The number of benzene rings is 2. The molecule has 2 N–H and O–H groups in total. The van der Waals surface area contributed by atoms with Gasteiger partial charge in [-0.1, -0.05) is 24.3 Å². The summed E-state index contributed by atoms with van der Waals surface area (Å²) in [6.07, 6.45) is 0.260. The van der Waals surface area contributed by atoms with E-state index in [0.717, 1.165) is 0 Å². The van der Waals surface area contributed by atoms with Crippen molar-refractivity contribution >= 4 is 5.91 Å². The third-order valence-corrected chi connectivity index (χ3v) is 3.80. The molecule has 7 heteroatoms. The molecule has 3 aromatic rings. The lowest BCUT2D eigenvalue weighted by Gasteiger charge is -2.19. The molecule has 1 amide bonds. The van der Waals surface area contributed by atoms with Gasteiger partial charge in [-0.2, -0.15) is 5.10 Å². The number of aromatic amines is 1. The van der Waals surface area contributed by atoms with E-state index in [2.05, 4.69) is 15.5 Å². The fraction of sp³-hybridized carbons (Fsp3) is 0.105. The molecule has 1 heterocycles. The van der Waals surface area contributed by atoms with Crippen LogP contribution in [0.25, 0.3) is 0 Å². The predicted octanol–water partition coefficient (Wildman–Crippen LogP) is 2.76. The second kappa shape index (κ2) is 7.69. The van der Waals surface area contributed by atoms with Crippen molar-refractivity contribution in [3.8, 4) is 0 Å². The van der Waals surface area contributed by atoms with E-state index < -0.39 is 29.1 Å². The van der Waals surface area contributed by atoms with E-state index in [9.17, 15) is 18.4 Å². The van der Waals surface area contributed by atoms with Crippen LogP contribution in [-0.2, 0) is 6.42 Å². The second-order valence-electron chi connectivity index (χ2n) is 5.72. The van der Waals surface area contributed by atoms with Crippen molar-refractivity contribution < 1.29 is 13.6 Å². The summed E-state index contributed by atoms with van der Waals surface area (Å²) in [6, 6.07) is 13.7. The van der Waals surface area contributed by atoms with Gasteiger partial charge in [0.05, 0.1) is 6.04 Å². The highest BCUT2D eigenvalue weighted by Crippen LogP contribution is 2.20. The summed E-state index contributed by atoms with van der Waals surface area (Å²) in [7, 11) is 0. The number of aromatic nitrogens is 2. The van der Waals surface area contributed by atoms with E-state index in [1.165, 1.54) is 42.5 Å². The lowest BCUT2D eigenvalue weighted by Crippen LogP contribution is -2.31. The number of nitrogens with zero attached hydrogens (tertiary/aromatic N) is 1. The van der Waals surface area contributed by atoms with Crippen LogP contribution in [0.3, 0.4) is 0 Å². The van der Waals surface area contributed by atoms with Crippen molar-refractivity contribution in [2.45, 2.75) is 12.5 Å². The predicted molar refractivity (Wildman–Crippen MR) is 91.6 cm³/mol. The van der Waals surface area contributed by atoms with Gasteiger partial charge < -0.3 is 5.32 Å². The zero-order chi connectivity index (χ0) is 18.5. The van der Waals surface area contributed by atoms with Crippen LogP contribution in [0, 0.1) is 11.6 Å². The first kappa shape index (κ1) is 17.5. The summed E-state index contributed by atoms with van der Waals surface area (Å²) >= 11 is 0. The van der Waals surface area contributed by atoms with Crippen LogP contribution >= 0.6 is 0 Å². The molecule has 0 aliphatic rings. The molecule has 1 atom stereocenters. The lowest BCUT2D eigenvalue weighted by molar-refractivity contribution is 0.0930. The van der Waals surface area contributed by atoms with Crippen molar-refractivity contribution in [1.29, 1.82) is 0 Å². The Morgan fingerprint density at radius 2 is 1.77 bits per heavy atom. The first-order chi connectivity index (χ1) is 12.5. The molecule has 0 radical (unpaired) electrons. The summed E-state index contributed by atoms with van der Waals surface area (Å²) in [5.41, 5.74) is 0.772. The molecule has 0 fully saturated rings. The second-order valence-corrected chi connectivity index (χ2v) is 5.72. The fourth-order valence-corrected chi connectivity index (χ4v) is 2.58. The maximum Gasteiger partial charge on any atom is 0.272 e. The topological polar surface area (TPSA) is 74.8 Å². The smallest absolute Gasteiger partial charge is 0.272 e. The van der Waals surface area contributed by atoms with Crippen molar-refractivity contribution in [2.24, 2.45) is 0 Å². The van der Waals surface area contributed by atoms with E-state index in [1.807, 2.05) is 0 Å². The fourth-order valence-electron chi connectivity index (χ4n) is 2.58. The van der Waals surface area contributed by atoms with E-state index in [1.54, 1.807) is 18.2 Å². The van der Waals surface area contributed by atoms with Gasteiger partial charge in [0.15, 0.2) is 0 Å². The lowest BCUT2D eigenvalue weighted by atomic mass is 9.98. The molecule has 3 rings (SSSR count). The highest BCUT2D eigenvalue weighted by molar-refractivity contribution is 5.92.